The molecule has 0 aliphatic rings. The smallest absolute Gasteiger partial charge is 0.254 e. The highest BCUT2D eigenvalue weighted by Gasteiger charge is 2.21. The van der Waals surface area contributed by atoms with Crippen LogP contribution >= 0.6 is 23.4 Å². The number of benzene rings is 1. The molecule has 1 atom stereocenters. The molecule has 1 unspecified atom stereocenters. The van der Waals surface area contributed by atoms with Crippen LogP contribution in [0, 0.1) is 5.82 Å². The van der Waals surface area contributed by atoms with Crippen molar-refractivity contribution < 1.29 is 14.3 Å². The van der Waals surface area contributed by atoms with Gasteiger partial charge in [0.15, 0.2) is 0 Å². The first-order valence-electron chi connectivity index (χ1n) is 5.30. The summed E-state index contributed by atoms with van der Waals surface area (Å²) in [6.07, 6.45) is 1.86. The van der Waals surface area contributed by atoms with E-state index < -0.39 is 17.3 Å². The van der Waals surface area contributed by atoms with Crippen molar-refractivity contribution in [3.8, 4) is 0 Å². The summed E-state index contributed by atoms with van der Waals surface area (Å²) in [7, 11) is 0. The second-order valence-corrected chi connectivity index (χ2v) is 5.54. The number of carbonyl (C=O) groups is 1. The van der Waals surface area contributed by atoms with Gasteiger partial charge in [0.1, 0.15) is 5.82 Å². The minimum Gasteiger partial charge on any atom is -0.387 e. The van der Waals surface area contributed by atoms with Crippen LogP contribution in [0.3, 0.4) is 0 Å². The number of hydrogen-bond donors (Lipinski definition) is 2. The normalized spacial score (nSPS) is 14.1. The van der Waals surface area contributed by atoms with Gasteiger partial charge >= 0.3 is 0 Å². The second-order valence-electron chi connectivity index (χ2n) is 4.24. The van der Waals surface area contributed by atoms with Crippen molar-refractivity contribution in [3.05, 3.63) is 34.6 Å². The number of carbonyl (C=O) groups excluding carboxylic acids is 1. The van der Waals surface area contributed by atoms with Gasteiger partial charge in [0.25, 0.3) is 5.91 Å². The summed E-state index contributed by atoms with van der Waals surface area (Å²) >= 11 is 7.07. The van der Waals surface area contributed by atoms with Gasteiger partial charge in [-0.25, -0.2) is 4.39 Å². The Hall–Kier alpha value is -0.780. The number of rotatable bonds is 5. The summed E-state index contributed by atoms with van der Waals surface area (Å²) in [6, 6.07) is 3.84. The van der Waals surface area contributed by atoms with Gasteiger partial charge < -0.3 is 10.4 Å². The number of aliphatic hydroxyl groups is 1. The minimum absolute atomic E-state index is 0.0642. The zero-order chi connectivity index (χ0) is 13.8. The number of amides is 1. The number of hydrogen-bond acceptors (Lipinski definition) is 3. The first kappa shape index (κ1) is 15.3. The van der Waals surface area contributed by atoms with Gasteiger partial charge in [-0.15, -0.1) is 0 Å². The van der Waals surface area contributed by atoms with Crippen LogP contribution in [-0.2, 0) is 0 Å². The molecule has 1 aromatic rings. The van der Waals surface area contributed by atoms with Crippen molar-refractivity contribution in [3.63, 3.8) is 0 Å². The molecule has 6 heteroatoms. The number of thioether (sulfide) groups is 1. The van der Waals surface area contributed by atoms with Crippen LogP contribution < -0.4 is 5.32 Å². The molecule has 0 saturated heterocycles. The average molecular weight is 292 g/mol. The third-order valence-electron chi connectivity index (χ3n) is 2.26. The summed E-state index contributed by atoms with van der Waals surface area (Å²) in [5.74, 6) is -0.758. The van der Waals surface area contributed by atoms with E-state index in [1.165, 1.54) is 23.9 Å². The fourth-order valence-electron chi connectivity index (χ4n) is 1.40. The van der Waals surface area contributed by atoms with Crippen molar-refractivity contribution in [2.24, 2.45) is 0 Å². The molecule has 3 nitrogen and oxygen atoms in total. The van der Waals surface area contributed by atoms with Gasteiger partial charge in [-0.3, -0.25) is 4.79 Å². The van der Waals surface area contributed by atoms with Crippen molar-refractivity contribution in [2.75, 3.05) is 18.6 Å². The van der Waals surface area contributed by atoms with Crippen LogP contribution in [0.5, 0.6) is 0 Å². The Labute approximate surface area is 115 Å². The van der Waals surface area contributed by atoms with Crippen molar-refractivity contribution in [1.29, 1.82) is 0 Å². The van der Waals surface area contributed by atoms with Crippen LogP contribution in [0.2, 0.25) is 5.02 Å². The molecule has 2 N–H and O–H groups in total. The largest absolute Gasteiger partial charge is 0.387 e. The lowest BCUT2D eigenvalue weighted by atomic mass is 10.1. The Balaban J connectivity index is 2.66. The van der Waals surface area contributed by atoms with Crippen LogP contribution in [-0.4, -0.2) is 35.2 Å². The molecule has 0 aliphatic carbocycles. The molecule has 18 heavy (non-hydrogen) atoms. The monoisotopic (exact) mass is 291 g/mol. The predicted octanol–water partition coefficient (Wildman–Crippen LogP) is 2.32. The van der Waals surface area contributed by atoms with Crippen LogP contribution in [0.1, 0.15) is 17.3 Å². The first-order chi connectivity index (χ1) is 8.35. The van der Waals surface area contributed by atoms with Gasteiger partial charge in [0.05, 0.1) is 11.2 Å². The maximum Gasteiger partial charge on any atom is 0.254 e. The zero-order valence-corrected chi connectivity index (χ0v) is 11.7. The van der Waals surface area contributed by atoms with Gasteiger partial charge in [-0.1, -0.05) is 11.6 Å². The predicted molar refractivity (Wildman–Crippen MR) is 72.7 cm³/mol. The second kappa shape index (κ2) is 6.41. The molecule has 1 aromatic carbocycles. The minimum atomic E-state index is -1.02. The maximum absolute atomic E-state index is 13.5. The highest BCUT2D eigenvalue weighted by Crippen LogP contribution is 2.15. The number of halogens is 2. The molecule has 0 spiro atoms. The summed E-state index contributed by atoms with van der Waals surface area (Å²) < 4.78 is 13.5. The van der Waals surface area contributed by atoms with E-state index in [-0.39, 0.29) is 17.1 Å². The van der Waals surface area contributed by atoms with E-state index in [0.717, 1.165) is 6.07 Å². The highest BCUT2D eigenvalue weighted by molar-refractivity contribution is 7.98. The molecule has 100 valence electrons. The molecule has 0 fully saturated rings. The molecular weight excluding hydrogens is 277 g/mol. The van der Waals surface area contributed by atoms with Crippen LogP contribution in [0.25, 0.3) is 0 Å². The van der Waals surface area contributed by atoms with Gasteiger partial charge in [-0.2, -0.15) is 11.8 Å². The van der Waals surface area contributed by atoms with Gasteiger partial charge in [0.2, 0.25) is 0 Å². The Morgan fingerprint density at radius 3 is 2.83 bits per heavy atom. The Morgan fingerprint density at radius 2 is 2.28 bits per heavy atom. The number of nitrogens with one attached hydrogen (secondary N) is 1. The Kier molecular flexibility index (Phi) is 5.44. The van der Waals surface area contributed by atoms with E-state index in [1.807, 2.05) is 6.26 Å². The zero-order valence-electron chi connectivity index (χ0n) is 10.2. The van der Waals surface area contributed by atoms with Gasteiger partial charge in [-0.05, 0) is 31.4 Å². The fraction of sp³-hybridized carbons (Fsp3) is 0.417. The van der Waals surface area contributed by atoms with E-state index in [4.69, 9.17) is 11.6 Å². The molecule has 1 amide bonds. The molecule has 0 aromatic heterocycles. The van der Waals surface area contributed by atoms with Crippen molar-refractivity contribution in [1.82, 2.24) is 5.32 Å². The molecular formula is C12H15ClFNO2S. The van der Waals surface area contributed by atoms with E-state index in [9.17, 15) is 14.3 Å². The third kappa shape index (κ3) is 4.48. The van der Waals surface area contributed by atoms with Crippen LogP contribution in [0.15, 0.2) is 18.2 Å². The summed E-state index contributed by atoms with van der Waals surface area (Å²) in [6.45, 7) is 1.68. The van der Waals surface area contributed by atoms with Crippen molar-refractivity contribution in [2.45, 2.75) is 12.5 Å². The lowest BCUT2D eigenvalue weighted by Crippen LogP contribution is -2.42. The molecule has 0 bridgehead atoms. The Morgan fingerprint density at radius 1 is 1.61 bits per heavy atom. The lowest BCUT2D eigenvalue weighted by Gasteiger charge is -2.22. The third-order valence-corrected chi connectivity index (χ3v) is 3.41. The molecule has 0 heterocycles. The molecule has 0 saturated carbocycles. The standard InChI is InChI=1S/C12H15ClFNO2S/c1-12(17,7-18-2)6-15-11(16)9-4-3-8(13)5-10(9)14/h3-5,17H,6-7H2,1-2H3,(H,15,16). The van der Waals surface area contributed by atoms with E-state index >= 15 is 0 Å². The summed E-state index contributed by atoms with van der Waals surface area (Å²) in [4.78, 5) is 11.7. The van der Waals surface area contributed by atoms with Crippen LogP contribution in [0.4, 0.5) is 4.39 Å². The maximum atomic E-state index is 13.5. The molecule has 0 radical (unpaired) electrons. The van der Waals surface area contributed by atoms with E-state index in [1.54, 1.807) is 6.92 Å². The van der Waals surface area contributed by atoms with Gasteiger partial charge in [0, 0.05) is 17.3 Å². The summed E-state index contributed by atoms with van der Waals surface area (Å²) in [5.41, 5.74) is -1.10. The Bertz CT molecular complexity index is 440. The quantitative estimate of drug-likeness (QED) is 0.875. The van der Waals surface area contributed by atoms with Crippen molar-refractivity contribution >= 4 is 29.3 Å². The SMILES string of the molecule is CSCC(C)(O)CNC(=O)c1ccc(Cl)cc1F. The first-order valence-corrected chi connectivity index (χ1v) is 7.07. The highest BCUT2D eigenvalue weighted by atomic mass is 35.5. The molecule has 1 rings (SSSR count). The summed E-state index contributed by atoms with van der Waals surface area (Å²) in [5, 5.41) is 12.6. The fourth-order valence-corrected chi connectivity index (χ4v) is 2.28. The topological polar surface area (TPSA) is 49.3 Å². The lowest BCUT2D eigenvalue weighted by molar-refractivity contribution is 0.0722. The molecule has 0 aliphatic heterocycles. The van der Waals surface area contributed by atoms with E-state index in [2.05, 4.69) is 5.32 Å². The average Bonchev–Trinajstić information content (AvgIpc) is 2.26. The van der Waals surface area contributed by atoms with E-state index in [0.29, 0.717) is 5.75 Å².